The summed E-state index contributed by atoms with van der Waals surface area (Å²) >= 11 is 0. The summed E-state index contributed by atoms with van der Waals surface area (Å²) in [6.07, 6.45) is 8.75. The van der Waals surface area contributed by atoms with Crippen molar-refractivity contribution in [1.29, 1.82) is 0 Å². The van der Waals surface area contributed by atoms with Crippen molar-refractivity contribution < 1.29 is 19.6 Å². The lowest BCUT2D eigenvalue weighted by atomic mass is 9.81. The van der Waals surface area contributed by atoms with Crippen LogP contribution < -0.4 is 11.1 Å². The van der Waals surface area contributed by atoms with Gasteiger partial charge in [-0.05, 0) is 44.3 Å². The van der Waals surface area contributed by atoms with Crippen molar-refractivity contribution in [3.05, 3.63) is 0 Å². The van der Waals surface area contributed by atoms with Crippen LogP contribution in [0.2, 0.25) is 6.32 Å². The monoisotopic (exact) mass is 284 g/mol. The SMILES string of the molecule is NC(CCCCB(O)O)C1CC2CCC(C1)N2.O=C=O. The lowest BCUT2D eigenvalue weighted by Crippen LogP contribution is -2.44. The molecule has 2 rings (SSSR count). The van der Waals surface area contributed by atoms with Gasteiger partial charge in [0.05, 0.1) is 0 Å². The van der Waals surface area contributed by atoms with E-state index in [0.29, 0.717) is 30.4 Å². The van der Waals surface area contributed by atoms with E-state index in [1.54, 1.807) is 0 Å². The van der Waals surface area contributed by atoms with Crippen LogP contribution in [0.5, 0.6) is 0 Å². The molecule has 2 saturated heterocycles. The van der Waals surface area contributed by atoms with Gasteiger partial charge in [-0.3, -0.25) is 0 Å². The molecule has 0 aromatic heterocycles. The summed E-state index contributed by atoms with van der Waals surface area (Å²) in [5.74, 6) is 0.674. The van der Waals surface area contributed by atoms with Gasteiger partial charge in [0.15, 0.2) is 0 Å². The van der Waals surface area contributed by atoms with Crippen LogP contribution in [0.3, 0.4) is 0 Å². The lowest BCUT2D eigenvalue weighted by Gasteiger charge is -2.33. The molecule has 0 saturated carbocycles. The molecule has 0 aromatic carbocycles. The Morgan fingerprint density at radius 2 is 1.75 bits per heavy atom. The lowest BCUT2D eigenvalue weighted by molar-refractivity contribution is -0.191. The molecule has 0 spiro atoms. The highest BCUT2D eigenvalue weighted by molar-refractivity contribution is 6.40. The van der Waals surface area contributed by atoms with Crippen molar-refractivity contribution in [3.8, 4) is 0 Å². The zero-order valence-electron chi connectivity index (χ0n) is 11.8. The topological polar surface area (TPSA) is 113 Å². The van der Waals surface area contributed by atoms with E-state index in [0.717, 1.165) is 19.3 Å². The molecule has 2 bridgehead atoms. The predicted octanol–water partition coefficient (Wildman–Crippen LogP) is -0.0961. The second-order valence-corrected chi connectivity index (χ2v) is 5.88. The zero-order chi connectivity index (χ0) is 15.0. The van der Waals surface area contributed by atoms with Crippen molar-refractivity contribution in [1.82, 2.24) is 5.32 Å². The first-order valence-corrected chi connectivity index (χ1v) is 7.43. The van der Waals surface area contributed by atoms with Crippen LogP contribution in [-0.2, 0) is 9.59 Å². The quantitative estimate of drug-likeness (QED) is 0.400. The van der Waals surface area contributed by atoms with Gasteiger partial charge < -0.3 is 21.1 Å². The molecule has 2 heterocycles. The third-order valence-electron chi connectivity index (χ3n) is 4.36. The molecule has 6 nitrogen and oxygen atoms in total. The molecule has 20 heavy (non-hydrogen) atoms. The number of unbranched alkanes of at least 4 members (excludes halogenated alkanes) is 1. The molecule has 2 aliphatic rings. The molecule has 0 aliphatic carbocycles. The van der Waals surface area contributed by atoms with Gasteiger partial charge in [-0.25, -0.2) is 0 Å². The first kappa shape index (κ1) is 17.3. The number of fused-ring (bicyclic) bond motifs is 2. The summed E-state index contributed by atoms with van der Waals surface area (Å²) in [4.78, 5) is 16.2. The molecule has 2 fully saturated rings. The first-order valence-electron chi connectivity index (χ1n) is 7.43. The van der Waals surface area contributed by atoms with Crippen LogP contribution in [0.1, 0.15) is 44.9 Å². The fourth-order valence-corrected chi connectivity index (χ4v) is 3.39. The summed E-state index contributed by atoms with van der Waals surface area (Å²) in [5, 5.41) is 21.2. The van der Waals surface area contributed by atoms with Gasteiger partial charge in [0, 0.05) is 18.1 Å². The van der Waals surface area contributed by atoms with E-state index in [1.807, 2.05) is 0 Å². The van der Waals surface area contributed by atoms with Gasteiger partial charge in [0.25, 0.3) is 0 Å². The Bertz CT molecular complexity index is 299. The number of piperidine rings is 1. The van der Waals surface area contributed by atoms with Crippen molar-refractivity contribution >= 4 is 13.3 Å². The maximum absolute atomic E-state index is 8.76. The maximum Gasteiger partial charge on any atom is 0.451 e. The largest absolute Gasteiger partial charge is 0.451 e. The van der Waals surface area contributed by atoms with Crippen LogP contribution in [0.4, 0.5) is 0 Å². The molecule has 3 atom stereocenters. The van der Waals surface area contributed by atoms with E-state index in [4.69, 9.17) is 25.4 Å². The molecule has 114 valence electrons. The Morgan fingerprint density at radius 1 is 1.20 bits per heavy atom. The third-order valence-corrected chi connectivity index (χ3v) is 4.36. The zero-order valence-corrected chi connectivity index (χ0v) is 11.8. The fourth-order valence-electron chi connectivity index (χ4n) is 3.39. The number of carbonyl (C=O) groups excluding carboxylic acids is 2. The molecular formula is C13H25BN2O4. The van der Waals surface area contributed by atoms with Crippen molar-refractivity contribution in [3.63, 3.8) is 0 Å². The van der Waals surface area contributed by atoms with Crippen molar-refractivity contribution in [2.75, 3.05) is 0 Å². The highest BCUT2D eigenvalue weighted by atomic mass is 16.4. The summed E-state index contributed by atoms with van der Waals surface area (Å²) in [5.41, 5.74) is 6.26. The Kier molecular flexibility index (Phi) is 8.03. The van der Waals surface area contributed by atoms with Gasteiger partial charge in [0.2, 0.25) is 0 Å². The molecule has 2 aliphatic heterocycles. The summed E-state index contributed by atoms with van der Waals surface area (Å²) in [6, 6.07) is 1.73. The van der Waals surface area contributed by atoms with Gasteiger partial charge in [0.1, 0.15) is 0 Å². The maximum atomic E-state index is 8.76. The Morgan fingerprint density at radius 3 is 2.25 bits per heavy atom. The Balaban J connectivity index is 0.000000612. The van der Waals surface area contributed by atoms with E-state index in [1.165, 1.54) is 25.7 Å². The van der Waals surface area contributed by atoms with Crippen LogP contribution in [-0.4, -0.2) is 41.4 Å². The standard InChI is InChI=1S/C12H25BN2O2.CO2/c14-12(3-1-2-6-13(16)17)9-7-10-4-5-11(8-9)15-10;2-1-3/h9-12,15-17H,1-8,14H2;. The minimum Gasteiger partial charge on any atom is -0.427 e. The van der Waals surface area contributed by atoms with Crippen LogP contribution in [0.15, 0.2) is 0 Å². The van der Waals surface area contributed by atoms with E-state index >= 15 is 0 Å². The Labute approximate surface area is 120 Å². The number of nitrogens with two attached hydrogens (primary N) is 1. The first-order chi connectivity index (χ1) is 9.56. The molecular weight excluding hydrogens is 259 g/mol. The summed E-state index contributed by atoms with van der Waals surface area (Å²) < 4.78 is 0. The molecule has 0 amide bonds. The molecule has 7 heteroatoms. The molecule has 3 unspecified atom stereocenters. The average molecular weight is 284 g/mol. The number of rotatable bonds is 6. The Hall–Kier alpha value is -0.715. The van der Waals surface area contributed by atoms with E-state index in [9.17, 15) is 0 Å². The minimum absolute atomic E-state index is 0.250. The smallest absolute Gasteiger partial charge is 0.427 e. The second-order valence-electron chi connectivity index (χ2n) is 5.88. The van der Waals surface area contributed by atoms with Crippen LogP contribution in [0.25, 0.3) is 0 Å². The molecule has 0 aromatic rings. The summed E-state index contributed by atoms with van der Waals surface area (Å²) in [7, 11) is -1.15. The van der Waals surface area contributed by atoms with Gasteiger partial charge in [-0.15, -0.1) is 0 Å². The van der Waals surface area contributed by atoms with Crippen molar-refractivity contribution in [2.45, 2.75) is 69.4 Å². The average Bonchev–Trinajstić information content (AvgIpc) is 2.74. The van der Waals surface area contributed by atoms with Crippen LogP contribution in [0, 0.1) is 5.92 Å². The highest BCUT2D eigenvalue weighted by Gasteiger charge is 2.35. The van der Waals surface area contributed by atoms with Gasteiger partial charge in [-0.2, -0.15) is 9.59 Å². The fraction of sp³-hybridized carbons (Fsp3) is 0.923. The number of nitrogens with one attached hydrogen (secondary N) is 1. The van der Waals surface area contributed by atoms with Crippen molar-refractivity contribution in [2.24, 2.45) is 11.7 Å². The second kappa shape index (κ2) is 9.26. The highest BCUT2D eigenvalue weighted by Crippen LogP contribution is 2.33. The van der Waals surface area contributed by atoms with E-state index in [2.05, 4.69) is 5.32 Å². The van der Waals surface area contributed by atoms with E-state index in [-0.39, 0.29) is 6.15 Å². The predicted molar refractivity (Wildman–Crippen MR) is 74.5 cm³/mol. The summed E-state index contributed by atoms with van der Waals surface area (Å²) in [6.45, 7) is 0. The van der Waals surface area contributed by atoms with Crippen LogP contribution >= 0.6 is 0 Å². The van der Waals surface area contributed by atoms with Gasteiger partial charge in [-0.1, -0.05) is 12.8 Å². The molecule has 5 N–H and O–H groups in total. The van der Waals surface area contributed by atoms with E-state index < -0.39 is 7.12 Å². The minimum atomic E-state index is -1.15. The normalized spacial score (nSPS) is 29.1. The molecule has 0 radical (unpaired) electrons. The number of hydrogen-bond donors (Lipinski definition) is 4. The number of hydrogen-bond acceptors (Lipinski definition) is 6. The third kappa shape index (κ3) is 6.16. The van der Waals surface area contributed by atoms with Gasteiger partial charge >= 0.3 is 13.3 Å².